The summed E-state index contributed by atoms with van der Waals surface area (Å²) in [6.07, 6.45) is 2.47. The first-order valence-electron chi connectivity index (χ1n) is 8.06. The van der Waals surface area contributed by atoms with Crippen LogP contribution in [0.5, 0.6) is 0 Å². The standard InChI is InChI=1S/C17H23N5O2S/c1-5-12(2)22(4)16(24)13-7-6-8-14(9-13)19-15(23)10-25-17-20-18-11-21(17)3/h6-9,11-12H,5,10H2,1-4H3,(H,19,23). The molecule has 0 saturated carbocycles. The van der Waals surface area contributed by atoms with E-state index in [1.807, 2.05) is 20.9 Å². The van der Waals surface area contributed by atoms with Gasteiger partial charge in [0, 0.05) is 31.4 Å². The van der Waals surface area contributed by atoms with E-state index in [9.17, 15) is 9.59 Å². The van der Waals surface area contributed by atoms with Gasteiger partial charge >= 0.3 is 0 Å². The van der Waals surface area contributed by atoms with Gasteiger partial charge in [-0.3, -0.25) is 9.59 Å². The first kappa shape index (κ1) is 19.0. The summed E-state index contributed by atoms with van der Waals surface area (Å²) in [6.45, 7) is 4.05. The van der Waals surface area contributed by atoms with Gasteiger partial charge in [0.25, 0.3) is 5.91 Å². The number of nitrogens with one attached hydrogen (secondary N) is 1. The summed E-state index contributed by atoms with van der Waals surface area (Å²) >= 11 is 1.31. The molecule has 2 amide bonds. The van der Waals surface area contributed by atoms with Gasteiger partial charge in [0.05, 0.1) is 5.75 Å². The zero-order valence-corrected chi connectivity index (χ0v) is 15.7. The van der Waals surface area contributed by atoms with E-state index in [4.69, 9.17) is 0 Å². The molecular weight excluding hydrogens is 338 g/mol. The first-order valence-corrected chi connectivity index (χ1v) is 9.04. The second-order valence-electron chi connectivity index (χ2n) is 5.82. The van der Waals surface area contributed by atoms with Gasteiger partial charge in [-0.2, -0.15) is 0 Å². The van der Waals surface area contributed by atoms with Crippen molar-refractivity contribution >= 4 is 29.3 Å². The number of benzene rings is 1. The van der Waals surface area contributed by atoms with Crippen molar-refractivity contribution < 1.29 is 9.59 Å². The number of aryl methyl sites for hydroxylation is 1. The van der Waals surface area contributed by atoms with Gasteiger partial charge in [-0.05, 0) is 31.5 Å². The van der Waals surface area contributed by atoms with Crippen LogP contribution in [0.2, 0.25) is 0 Å². The Bertz CT molecular complexity index is 746. The van der Waals surface area contributed by atoms with E-state index in [0.717, 1.165) is 6.42 Å². The summed E-state index contributed by atoms with van der Waals surface area (Å²) in [5.41, 5.74) is 1.16. The maximum Gasteiger partial charge on any atom is 0.253 e. The summed E-state index contributed by atoms with van der Waals surface area (Å²) in [5, 5.41) is 11.2. The fourth-order valence-corrected chi connectivity index (χ4v) is 2.83. The molecule has 2 rings (SSSR count). The molecule has 25 heavy (non-hydrogen) atoms. The maximum atomic E-state index is 12.5. The highest BCUT2D eigenvalue weighted by atomic mass is 32.2. The van der Waals surface area contributed by atoms with E-state index < -0.39 is 0 Å². The molecule has 0 radical (unpaired) electrons. The minimum atomic E-state index is -0.159. The van der Waals surface area contributed by atoms with Gasteiger partial charge in [0.2, 0.25) is 5.91 Å². The quantitative estimate of drug-likeness (QED) is 0.766. The minimum absolute atomic E-state index is 0.0566. The normalized spacial score (nSPS) is 11.8. The molecule has 8 heteroatoms. The van der Waals surface area contributed by atoms with Crippen LogP contribution in [0.15, 0.2) is 35.7 Å². The predicted molar refractivity (Wildman–Crippen MR) is 98.6 cm³/mol. The Morgan fingerprint density at radius 3 is 2.80 bits per heavy atom. The molecule has 2 aromatic rings. The molecule has 0 bridgehead atoms. The van der Waals surface area contributed by atoms with Crippen molar-refractivity contribution in [2.45, 2.75) is 31.5 Å². The third-order valence-electron chi connectivity index (χ3n) is 3.97. The van der Waals surface area contributed by atoms with Crippen LogP contribution in [0, 0.1) is 0 Å². The van der Waals surface area contributed by atoms with Crippen LogP contribution in [-0.4, -0.2) is 50.3 Å². The molecule has 0 aliphatic rings. The van der Waals surface area contributed by atoms with Gasteiger partial charge < -0.3 is 14.8 Å². The number of nitrogens with zero attached hydrogens (tertiary/aromatic N) is 4. The molecule has 7 nitrogen and oxygen atoms in total. The zero-order valence-electron chi connectivity index (χ0n) is 14.9. The fraction of sp³-hybridized carbons (Fsp3) is 0.412. The largest absolute Gasteiger partial charge is 0.339 e. The van der Waals surface area contributed by atoms with Crippen LogP contribution < -0.4 is 5.32 Å². The summed E-state index contributed by atoms with van der Waals surface area (Å²) in [5.74, 6) is 0.00378. The van der Waals surface area contributed by atoms with Gasteiger partial charge in [-0.25, -0.2) is 0 Å². The van der Waals surface area contributed by atoms with Crippen molar-refractivity contribution in [2.75, 3.05) is 18.1 Å². The topological polar surface area (TPSA) is 80.1 Å². The molecule has 0 aliphatic heterocycles. The average molecular weight is 361 g/mol. The maximum absolute atomic E-state index is 12.5. The number of anilines is 1. The van der Waals surface area contributed by atoms with Crippen molar-refractivity contribution in [3.05, 3.63) is 36.2 Å². The van der Waals surface area contributed by atoms with Crippen LogP contribution in [0.25, 0.3) is 0 Å². The lowest BCUT2D eigenvalue weighted by Gasteiger charge is -2.24. The lowest BCUT2D eigenvalue weighted by molar-refractivity contribution is -0.113. The lowest BCUT2D eigenvalue weighted by Crippen LogP contribution is -2.34. The number of carbonyl (C=O) groups excluding carboxylic acids is 2. The molecule has 1 heterocycles. The van der Waals surface area contributed by atoms with Crippen LogP contribution in [0.1, 0.15) is 30.6 Å². The Balaban J connectivity index is 1.97. The second kappa shape index (κ2) is 8.66. The summed E-state index contributed by atoms with van der Waals surface area (Å²) in [7, 11) is 3.61. The van der Waals surface area contributed by atoms with Crippen molar-refractivity contribution in [3.63, 3.8) is 0 Å². The number of aromatic nitrogens is 3. The molecule has 0 aliphatic carbocycles. The van der Waals surface area contributed by atoms with E-state index in [1.54, 1.807) is 47.1 Å². The molecule has 1 aromatic carbocycles. The Labute approximate surface area is 151 Å². The summed E-state index contributed by atoms with van der Waals surface area (Å²) < 4.78 is 1.75. The highest BCUT2D eigenvalue weighted by Crippen LogP contribution is 2.16. The molecule has 1 unspecified atom stereocenters. The number of hydrogen-bond acceptors (Lipinski definition) is 5. The highest BCUT2D eigenvalue weighted by molar-refractivity contribution is 7.99. The van der Waals surface area contributed by atoms with Crippen LogP contribution in [0.4, 0.5) is 5.69 Å². The van der Waals surface area contributed by atoms with Gasteiger partial charge in [0.1, 0.15) is 6.33 Å². The van der Waals surface area contributed by atoms with E-state index >= 15 is 0 Å². The first-order chi connectivity index (χ1) is 11.9. The molecule has 0 saturated heterocycles. The molecule has 1 aromatic heterocycles. The van der Waals surface area contributed by atoms with Gasteiger partial charge in [-0.1, -0.05) is 24.8 Å². The SMILES string of the molecule is CCC(C)N(C)C(=O)c1cccc(NC(=O)CSc2nncn2C)c1. The molecule has 134 valence electrons. The van der Waals surface area contributed by atoms with Gasteiger partial charge in [-0.15, -0.1) is 10.2 Å². The Morgan fingerprint density at radius 2 is 2.16 bits per heavy atom. The monoisotopic (exact) mass is 361 g/mol. The second-order valence-corrected chi connectivity index (χ2v) is 6.76. The van der Waals surface area contributed by atoms with Crippen LogP contribution in [0.3, 0.4) is 0 Å². The Hall–Kier alpha value is -2.35. The minimum Gasteiger partial charge on any atom is -0.339 e. The van der Waals surface area contributed by atoms with Crippen LogP contribution in [-0.2, 0) is 11.8 Å². The number of thioether (sulfide) groups is 1. The van der Waals surface area contributed by atoms with Gasteiger partial charge in [0.15, 0.2) is 5.16 Å². The van der Waals surface area contributed by atoms with Crippen molar-refractivity contribution in [1.29, 1.82) is 0 Å². The van der Waals surface area contributed by atoms with Crippen molar-refractivity contribution in [1.82, 2.24) is 19.7 Å². The molecule has 1 N–H and O–H groups in total. The molecule has 1 atom stereocenters. The fourth-order valence-electron chi connectivity index (χ4n) is 2.14. The third kappa shape index (κ3) is 5.06. The summed E-state index contributed by atoms with van der Waals surface area (Å²) in [6, 6.07) is 7.15. The predicted octanol–water partition coefficient (Wildman–Crippen LogP) is 2.42. The van der Waals surface area contributed by atoms with E-state index in [1.165, 1.54) is 11.8 Å². The van der Waals surface area contributed by atoms with E-state index in [0.29, 0.717) is 16.4 Å². The molecule has 0 spiro atoms. The summed E-state index contributed by atoms with van der Waals surface area (Å²) in [4.78, 5) is 26.3. The Morgan fingerprint density at radius 1 is 1.40 bits per heavy atom. The zero-order chi connectivity index (χ0) is 18.4. The van der Waals surface area contributed by atoms with Crippen LogP contribution >= 0.6 is 11.8 Å². The van der Waals surface area contributed by atoms with E-state index in [-0.39, 0.29) is 23.6 Å². The molecular formula is C17H23N5O2S. The number of amides is 2. The van der Waals surface area contributed by atoms with Crippen molar-refractivity contribution in [3.8, 4) is 0 Å². The Kier molecular flexibility index (Phi) is 6.58. The number of rotatable bonds is 7. The van der Waals surface area contributed by atoms with E-state index in [2.05, 4.69) is 15.5 Å². The average Bonchev–Trinajstić information content (AvgIpc) is 3.03. The molecule has 0 fully saturated rings. The number of carbonyl (C=O) groups is 2. The highest BCUT2D eigenvalue weighted by Gasteiger charge is 2.16. The van der Waals surface area contributed by atoms with Crippen molar-refractivity contribution in [2.24, 2.45) is 7.05 Å². The third-order valence-corrected chi connectivity index (χ3v) is 5.00. The smallest absolute Gasteiger partial charge is 0.253 e. The lowest BCUT2D eigenvalue weighted by atomic mass is 10.1. The number of hydrogen-bond donors (Lipinski definition) is 1.